The van der Waals surface area contributed by atoms with Gasteiger partial charge in [0.05, 0.1) is 36.2 Å². The lowest BCUT2D eigenvalue weighted by atomic mass is 9.97. The van der Waals surface area contributed by atoms with E-state index in [4.69, 9.17) is 9.26 Å². The Morgan fingerprint density at radius 2 is 2.04 bits per heavy atom. The Bertz CT molecular complexity index is 971. The van der Waals surface area contributed by atoms with Crippen molar-refractivity contribution in [3.8, 4) is 11.3 Å². The van der Waals surface area contributed by atoms with E-state index in [9.17, 15) is 4.79 Å². The predicted molar refractivity (Wildman–Crippen MR) is 103 cm³/mol. The van der Waals surface area contributed by atoms with Gasteiger partial charge in [-0.05, 0) is 13.8 Å². The molecule has 1 aromatic carbocycles. The molecule has 0 saturated carbocycles. The average Bonchev–Trinajstić information content (AvgIpc) is 3.31. The molecule has 0 radical (unpaired) electrons. The van der Waals surface area contributed by atoms with Gasteiger partial charge in [-0.1, -0.05) is 35.5 Å². The maximum atomic E-state index is 13.0. The summed E-state index contributed by atoms with van der Waals surface area (Å²) in [5, 5.41) is 7.02. The lowest BCUT2D eigenvalue weighted by Gasteiger charge is -2.19. The van der Waals surface area contributed by atoms with Crippen molar-refractivity contribution in [2.75, 3.05) is 13.2 Å². The Hall–Kier alpha value is -3.06. The first-order chi connectivity index (χ1) is 13.6. The van der Waals surface area contributed by atoms with Crippen LogP contribution in [0, 0.1) is 19.8 Å². The van der Waals surface area contributed by atoms with Crippen molar-refractivity contribution in [3.63, 3.8) is 0 Å². The number of hydrogen-bond donors (Lipinski definition) is 1. The third-order valence-electron chi connectivity index (χ3n) is 4.86. The van der Waals surface area contributed by atoms with Crippen LogP contribution in [0.25, 0.3) is 11.3 Å². The minimum Gasteiger partial charge on any atom is -0.379 e. The number of carbonyl (C=O) groups is 1. The van der Waals surface area contributed by atoms with Crippen LogP contribution < -0.4 is 5.32 Å². The fraction of sp³-hybridized carbons (Fsp3) is 0.333. The summed E-state index contributed by atoms with van der Waals surface area (Å²) in [7, 11) is 0. The molecule has 1 aliphatic rings. The van der Waals surface area contributed by atoms with Crippen molar-refractivity contribution in [2.45, 2.75) is 26.3 Å². The summed E-state index contributed by atoms with van der Waals surface area (Å²) in [6.45, 7) is 4.74. The minimum absolute atomic E-state index is 0.108. The molecule has 2 atom stereocenters. The number of nitrogens with zero attached hydrogens (tertiary/aromatic N) is 3. The third kappa shape index (κ3) is 3.94. The van der Waals surface area contributed by atoms with Gasteiger partial charge >= 0.3 is 0 Å². The van der Waals surface area contributed by atoms with Gasteiger partial charge in [-0.25, -0.2) is 9.97 Å². The molecule has 1 aliphatic heterocycles. The summed E-state index contributed by atoms with van der Waals surface area (Å²) in [6.07, 6.45) is 2.26. The monoisotopic (exact) mass is 378 g/mol. The lowest BCUT2D eigenvalue weighted by Crippen LogP contribution is -2.41. The standard InChI is InChI=1S/C21H22N4O3/c1-13-8-17(28-25-13)9-16-11-27-12-19(16)24-21(26)18-10-22-14(2)23-20(18)15-6-4-3-5-7-15/h3-8,10,16,19H,9,11-12H2,1-2H3,(H,24,26)/t16-,19+/m0/s1. The van der Waals surface area contributed by atoms with Gasteiger partial charge in [0.1, 0.15) is 11.6 Å². The van der Waals surface area contributed by atoms with Gasteiger partial charge in [0, 0.05) is 30.2 Å². The SMILES string of the molecule is Cc1cc(C[C@H]2COC[C@H]2NC(=O)c2cnc(C)nc2-c2ccccc2)on1. The number of ether oxygens (including phenoxy) is 1. The summed E-state index contributed by atoms with van der Waals surface area (Å²) < 4.78 is 10.9. The van der Waals surface area contributed by atoms with E-state index in [1.54, 1.807) is 6.20 Å². The lowest BCUT2D eigenvalue weighted by molar-refractivity contribution is 0.0924. The highest BCUT2D eigenvalue weighted by Gasteiger charge is 2.31. The van der Waals surface area contributed by atoms with Crippen LogP contribution in [0.3, 0.4) is 0 Å². The molecular weight excluding hydrogens is 356 g/mol. The Kier molecular flexibility index (Phi) is 5.16. The molecule has 1 fully saturated rings. The van der Waals surface area contributed by atoms with Crippen LogP contribution in [0.15, 0.2) is 47.1 Å². The van der Waals surface area contributed by atoms with Crippen LogP contribution in [0.4, 0.5) is 0 Å². The minimum atomic E-state index is -0.201. The highest BCUT2D eigenvalue weighted by molar-refractivity contribution is 5.99. The number of hydrogen-bond acceptors (Lipinski definition) is 6. The summed E-state index contributed by atoms with van der Waals surface area (Å²) in [6, 6.07) is 11.5. The molecule has 28 heavy (non-hydrogen) atoms. The van der Waals surface area contributed by atoms with Crippen LogP contribution in [0.5, 0.6) is 0 Å². The summed E-state index contributed by atoms with van der Waals surface area (Å²) in [4.78, 5) is 21.8. The van der Waals surface area contributed by atoms with E-state index in [2.05, 4.69) is 20.4 Å². The Labute approximate surface area is 163 Å². The third-order valence-corrected chi connectivity index (χ3v) is 4.86. The molecule has 7 nitrogen and oxygen atoms in total. The maximum absolute atomic E-state index is 13.0. The van der Waals surface area contributed by atoms with E-state index in [1.165, 1.54) is 0 Å². The first-order valence-corrected chi connectivity index (χ1v) is 9.30. The predicted octanol–water partition coefficient (Wildman–Crippen LogP) is 2.74. The number of carbonyl (C=O) groups excluding carboxylic acids is 1. The smallest absolute Gasteiger partial charge is 0.255 e. The molecule has 0 unspecified atom stereocenters. The van der Waals surface area contributed by atoms with Crippen molar-refractivity contribution in [1.82, 2.24) is 20.4 Å². The fourth-order valence-corrected chi connectivity index (χ4v) is 3.43. The van der Waals surface area contributed by atoms with Gasteiger partial charge in [-0.2, -0.15) is 0 Å². The van der Waals surface area contributed by atoms with Crippen LogP contribution in [-0.2, 0) is 11.2 Å². The Balaban J connectivity index is 1.53. The van der Waals surface area contributed by atoms with Crippen molar-refractivity contribution in [1.29, 1.82) is 0 Å². The molecule has 3 heterocycles. The molecule has 1 saturated heterocycles. The van der Waals surface area contributed by atoms with Gasteiger partial charge in [0.25, 0.3) is 5.91 Å². The summed E-state index contributed by atoms with van der Waals surface area (Å²) >= 11 is 0. The molecule has 7 heteroatoms. The quantitative estimate of drug-likeness (QED) is 0.734. The topological polar surface area (TPSA) is 90.1 Å². The first-order valence-electron chi connectivity index (χ1n) is 9.30. The van der Waals surface area contributed by atoms with Crippen molar-refractivity contribution in [3.05, 3.63) is 65.4 Å². The van der Waals surface area contributed by atoms with E-state index in [0.717, 1.165) is 17.0 Å². The molecule has 4 rings (SSSR count). The molecule has 0 spiro atoms. The number of rotatable bonds is 5. The molecule has 0 aliphatic carbocycles. The van der Waals surface area contributed by atoms with Crippen molar-refractivity contribution < 1.29 is 14.1 Å². The molecule has 0 bridgehead atoms. The van der Waals surface area contributed by atoms with Crippen LogP contribution in [-0.4, -0.2) is 40.3 Å². The van der Waals surface area contributed by atoms with Gasteiger partial charge in [-0.3, -0.25) is 4.79 Å². The largest absolute Gasteiger partial charge is 0.379 e. The molecule has 144 valence electrons. The highest BCUT2D eigenvalue weighted by atomic mass is 16.5. The van der Waals surface area contributed by atoms with Crippen LogP contribution in [0.2, 0.25) is 0 Å². The summed E-state index contributed by atoms with van der Waals surface area (Å²) in [5.41, 5.74) is 2.82. The number of amides is 1. The number of nitrogens with one attached hydrogen (secondary N) is 1. The number of benzene rings is 1. The average molecular weight is 378 g/mol. The zero-order valence-electron chi connectivity index (χ0n) is 15.9. The number of aromatic nitrogens is 3. The first kappa shape index (κ1) is 18.3. The zero-order chi connectivity index (χ0) is 19.5. The maximum Gasteiger partial charge on any atom is 0.255 e. The molecular formula is C21H22N4O3. The Morgan fingerprint density at radius 3 is 2.79 bits per heavy atom. The van der Waals surface area contributed by atoms with E-state index in [1.807, 2.05) is 50.2 Å². The van der Waals surface area contributed by atoms with Crippen LogP contribution in [0.1, 0.15) is 27.6 Å². The van der Waals surface area contributed by atoms with Crippen LogP contribution >= 0.6 is 0 Å². The molecule has 2 aromatic heterocycles. The van der Waals surface area contributed by atoms with Crippen molar-refractivity contribution >= 4 is 5.91 Å². The zero-order valence-corrected chi connectivity index (χ0v) is 15.9. The highest BCUT2D eigenvalue weighted by Crippen LogP contribution is 2.23. The molecule has 3 aromatic rings. The van der Waals surface area contributed by atoms with Gasteiger partial charge in [0.2, 0.25) is 0 Å². The molecule has 1 amide bonds. The van der Waals surface area contributed by atoms with E-state index < -0.39 is 0 Å². The van der Waals surface area contributed by atoms with Crippen molar-refractivity contribution in [2.24, 2.45) is 5.92 Å². The Morgan fingerprint density at radius 1 is 1.21 bits per heavy atom. The summed E-state index contributed by atoms with van der Waals surface area (Å²) in [5.74, 6) is 1.35. The second-order valence-corrected chi connectivity index (χ2v) is 7.06. The van der Waals surface area contributed by atoms with Gasteiger partial charge in [0.15, 0.2) is 0 Å². The van der Waals surface area contributed by atoms with E-state index in [0.29, 0.717) is 36.7 Å². The second kappa shape index (κ2) is 7.90. The van der Waals surface area contributed by atoms with E-state index >= 15 is 0 Å². The van der Waals surface area contributed by atoms with Gasteiger partial charge in [-0.15, -0.1) is 0 Å². The molecule has 1 N–H and O–H groups in total. The van der Waals surface area contributed by atoms with Gasteiger partial charge < -0.3 is 14.6 Å². The second-order valence-electron chi connectivity index (χ2n) is 7.06. The number of aryl methyl sites for hydroxylation is 2. The normalized spacial score (nSPS) is 18.9. The van der Waals surface area contributed by atoms with E-state index in [-0.39, 0.29) is 17.9 Å². The fourth-order valence-electron chi connectivity index (χ4n) is 3.43.